The second kappa shape index (κ2) is 3.97. The van der Waals surface area contributed by atoms with E-state index in [4.69, 9.17) is 0 Å². The van der Waals surface area contributed by atoms with Crippen molar-refractivity contribution in [2.75, 3.05) is 23.1 Å². The van der Waals surface area contributed by atoms with Gasteiger partial charge in [-0.25, -0.2) is 0 Å². The van der Waals surface area contributed by atoms with E-state index in [1.807, 2.05) is 0 Å². The van der Waals surface area contributed by atoms with Gasteiger partial charge in [-0.1, -0.05) is 6.07 Å². The highest BCUT2D eigenvalue weighted by Gasteiger charge is 2.11. The van der Waals surface area contributed by atoms with Crippen molar-refractivity contribution >= 4 is 20.8 Å². The molecule has 1 heterocycles. The third-order valence-electron chi connectivity index (χ3n) is 2.48. The molecule has 0 spiro atoms. The molecular formula is C10H15N2P. The topological polar surface area (TPSA) is 15.3 Å². The summed E-state index contributed by atoms with van der Waals surface area (Å²) in [6.07, 6.45) is 2.66. The number of benzene rings is 1. The van der Waals surface area contributed by atoms with Crippen LogP contribution in [0.4, 0.5) is 11.4 Å². The van der Waals surface area contributed by atoms with Crippen LogP contribution in [0.5, 0.6) is 0 Å². The van der Waals surface area contributed by atoms with Crippen LogP contribution >= 0.6 is 9.39 Å². The van der Waals surface area contributed by atoms with Crippen molar-refractivity contribution in [1.29, 1.82) is 0 Å². The van der Waals surface area contributed by atoms with E-state index in [1.54, 1.807) is 0 Å². The maximum atomic E-state index is 3.08. The quantitative estimate of drug-likeness (QED) is 0.727. The van der Waals surface area contributed by atoms with Crippen LogP contribution < -0.4 is 9.99 Å². The first-order chi connectivity index (χ1) is 6.40. The molecule has 0 aliphatic carbocycles. The Labute approximate surface area is 81.6 Å². The van der Waals surface area contributed by atoms with E-state index in [0.29, 0.717) is 0 Å². The molecule has 0 saturated carbocycles. The minimum atomic E-state index is 1.16. The van der Waals surface area contributed by atoms with E-state index in [1.165, 1.54) is 31.6 Å². The van der Waals surface area contributed by atoms with Crippen LogP contribution in [0.25, 0.3) is 0 Å². The summed E-state index contributed by atoms with van der Waals surface area (Å²) in [7, 11) is 2.53. The van der Waals surface area contributed by atoms with Gasteiger partial charge in [0.2, 0.25) is 0 Å². The maximum absolute atomic E-state index is 3.08. The Morgan fingerprint density at radius 1 is 1.23 bits per heavy atom. The second-order valence-electron chi connectivity index (χ2n) is 3.39. The summed E-state index contributed by atoms with van der Waals surface area (Å²) in [5.74, 6) is 0. The molecule has 1 atom stereocenters. The van der Waals surface area contributed by atoms with Crippen LogP contribution in [-0.2, 0) is 0 Å². The van der Waals surface area contributed by atoms with Crippen molar-refractivity contribution in [3.05, 3.63) is 24.3 Å². The number of anilines is 2. The highest BCUT2D eigenvalue weighted by atomic mass is 31.0. The molecule has 13 heavy (non-hydrogen) atoms. The van der Waals surface area contributed by atoms with E-state index in [-0.39, 0.29) is 0 Å². The van der Waals surface area contributed by atoms with Crippen molar-refractivity contribution < 1.29 is 0 Å². The zero-order valence-corrected chi connectivity index (χ0v) is 8.82. The van der Waals surface area contributed by atoms with Crippen LogP contribution in [0, 0.1) is 0 Å². The van der Waals surface area contributed by atoms with E-state index in [0.717, 1.165) is 5.69 Å². The summed E-state index contributed by atoms with van der Waals surface area (Å²) >= 11 is 0. The Bertz CT molecular complexity index is 282. The molecule has 1 fully saturated rings. The predicted octanol–water partition coefficient (Wildman–Crippen LogP) is 2.49. The standard InChI is InChI=1S/C10H15N2P/c13-11-9-4-3-5-10(8-9)12-6-1-2-7-12/h3-5,8,11H,1-2,6-7,13H2. The SMILES string of the molecule is PNc1cccc(N2CCCC2)c1. The fourth-order valence-corrected chi connectivity index (χ4v) is 1.95. The normalized spacial score (nSPS) is 16.2. The third kappa shape index (κ3) is 1.94. The third-order valence-corrected chi connectivity index (χ3v) is 2.82. The first kappa shape index (κ1) is 8.83. The van der Waals surface area contributed by atoms with Gasteiger partial charge < -0.3 is 9.99 Å². The van der Waals surface area contributed by atoms with Gasteiger partial charge in [-0.15, -0.1) is 0 Å². The van der Waals surface area contributed by atoms with Gasteiger partial charge in [0.15, 0.2) is 0 Å². The summed E-state index contributed by atoms with van der Waals surface area (Å²) in [4.78, 5) is 2.44. The molecule has 0 radical (unpaired) electrons. The van der Waals surface area contributed by atoms with Gasteiger partial charge in [0, 0.05) is 24.5 Å². The summed E-state index contributed by atoms with van der Waals surface area (Å²) in [5.41, 5.74) is 2.50. The summed E-state index contributed by atoms with van der Waals surface area (Å²) in [5, 5.41) is 3.08. The molecule has 2 rings (SSSR count). The Hall–Kier alpha value is -0.750. The fraction of sp³-hybridized carbons (Fsp3) is 0.400. The van der Waals surface area contributed by atoms with Gasteiger partial charge in [-0.2, -0.15) is 0 Å². The van der Waals surface area contributed by atoms with Crippen molar-refractivity contribution in [3.63, 3.8) is 0 Å². The Kier molecular flexibility index (Phi) is 2.70. The molecule has 1 aromatic carbocycles. The molecule has 1 unspecified atom stereocenters. The van der Waals surface area contributed by atoms with Crippen LogP contribution in [-0.4, -0.2) is 13.1 Å². The Balaban J connectivity index is 2.18. The largest absolute Gasteiger partial charge is 0.371 e. The molecule has 70 valence electrons. The molecule has 1 saturated heterocycles. The predicted molar refractivity (Wildman–Crippen MR) is 61.2 cm³/mol. The van der Waals surface area contributed by atoms with E-state index in [2.05, 4.69) is 43.6 Å². The maximum Gasteiger partial charge on any atom is 0.0389 e. The molecule has 0 bridgehead atoms. The van der Waals surface area contributed by atoms with Gasteiger partial charge in [-0.3, -0.25) is 0 Å². The Morgan fingerprint density at radius 3 is 2.69 bits per heavy atom. The number of hydrogen-bond donors (Lipinski definition) is 1. The minimum absolute atomic E-state index is 1.16. The highest BCUT2D eigenvalue weighted by Crippen LogP contribution is 2.23. The molecule has 0 amide bonds. The first-order valence-electron chi connectivity index (χ1n) is 4.72. The van der Waals surface area contributed by atoms with Crippen LogP contribution in [0.15, 0.2) is 24.3 Å². The van der Waals surface area contributed by atoms with E-state index in [9.17, 15) is 0 Å². The van der Waals surface area contributed by atoms with Crippen molar-refractivity contribution in [1.82, 2.24) is 0 Å². The molecule has 2 nitrogen and oxygen atoms in total. The molecule has 1 aromatic rings. The zero-order chi connectivity index (χ0) is 9.10. The molecule has 3 heteroatoms. The monoisotopic (exact) mass is 194 g/mol. The summed E-state index contributed by atoms with van der Waals surface area (Å²) in [6.45, 7) is 2.42. The van der Waals surface area contributed by atoms with E-state index < -0.39 is 0 Å². The molecular weight excluding hydrogens is 179 g/mol. The zero-order valence-electron chi connectivity index (χ0n) is 7.66. The van der Waals surface area contributed by atoms with Crippen molar-refractivity contribution in [2.24, 2.45) is 0 Å². The molecule has 0 aromatic heterocycles. The summed E-state index contributed by atoms with van der Waals surface area (Å²) in [6, 6.07) is 8.54. The van der Waals surface area contributed by atoms with Gasteiger partial charge in [0.1, 0.15) is 0 Å². The number of rotatable bonds is 2. The van der Waals surface area contributed by atoms with Crippen LogP contribution in [0.2, 0.25) is 0 Å². The average Bonchev–Trinajstić information content (AvgIpc) is 2.71. The lowest BCUT2D eigenvalue weighted by Gasteiger charge is -2.18. The van der Waals surface area contributed by atoms with Gasteiger partial charge in [-0.05, 0) is 40.4 Å². The molecule has 1 aliphatic heterocycles. The fourth-order valence-electron chi connectivity index (χ4n) is 1.77. The minimum Gasteiger partial charge on any atom is -0.371 e. The first-order valence-corrected chi connectivity index (χ1v) is 5.29. The van der Waals surface area contributed by atoms with Gasteiger partial charge in [0.25, 0.3) is 0 Å². The number of nitrogens with one attached hydrogen (secondary N) is 1. The number of nitrogens with zero attached hydrogens (tertiary/aromatic N) is 1. The smallest absolute Gasteiger partial charge is 0.0389 e. The van der Waals surface area contributed by atoms with Crippen LogP contribution in [0.1, 0.15) is 12.8 Å². The average molecular weight is 194 g/mol. The highest BCUT2D eigenvalue weighted by molar-refractivity contribution is 7.18. The van der Waals surface area contributed by atoms with E-state index >= 15 is 0 Å². The summed E-state index contributed by atoms with van der Waals surface area (Å²) < 4.78 is 0. The lowest BCUT2D eigenvalue weighted by atomic mass is 10.2. The van der Waals surface area contributed by atoms with Gasteiger partial charge in [0.05, 0.1) is 0 Å². The van der Waals surface area contributed by atoms with Gasteiger partial charge >= 0.3 is 0 Å². The molecule has 1 aliphatic rings. The number of hydrogen-bond acceptors (Lipinski definition) is 2. The lowest BCUT2D eigenvalue weighted by molar-refractivity contribution is 0.949. The van der Waals surface area contributed by atoms with Crippen molar-refractivity contribution in [2.45, 2.75) is 12.8 Å². The Morgan fingerprint density at radius 2 is 2.00 bits per heavy atom. The lowest BCUT2D eigenvalue weighted by Crippen LogP contribution is -2.17. The van der Waals surface area contributed by atoms with Crippen LogP contribution in [0.3, 0.4) is 0 Å². The van der Waals surface area contributed by atoms with Crippen molar-refractivity contribution in [3.8, 4) is 0 Å². The second-order valence-corrected chi connectivity index (χ2v) is 3.68. The molecule has 1 N–H and O–H groups in total.